The second-order valence-corrected chi connectivity index (χ2v) is 6.43. The number of nitrogens with zero attached hydrogens (tertiary/aromatic N) is 4. The Balaban J connectivity index is 1.92. The zero-order chi connectivity index (χ0) is 15.8. The minimum atomic E-state index is 0.452. The number of aliphatic imine (C=N–C) groups is 1. The van der Waals surface area contributed by atoms with Crippen LogP contribution in [0.1, 0.15) is 30.9 Å². The van der Waals surface area contributed by atoms with E-state index in [4.69, 9.17) is 0 Å². The number of guanidine groups is 1. The van der Waals surface area contributed by atoms with E-state index < -0.39 is 0 Å². The van der Waals surface area contributed by atoms with Crippen LogP contribution in [0.15, 0.2) is 17.1 Å². The smallest absolute Gasteiger partial charge is 0.191 e. The highest BCUT2D eigenvalue weighted by Gasteiger charge is 2.12. The quantitative estimate of drug-likeness (QED) is 0.346. The minimum absolute atomic E-state index is 0.452. The van der Waals surface area contributed by atoms with Crippen LogP contribution in [-0.4, -0.2) is 45.3 Å². The number of rotatable bonds is 7. The van der Waals surface area contributed by atoms with Gasteiger partial charge >= 0.3 is 0 Å². The molecule has 0 atom stereocenters. The van der Waals surface area contributed by atoms with Gasteiger partial charge in [-0.3, -0.25) is 0 Å². The molecular weight excluding hydrogens is 296 g/mol. The summed E-state index contributed by atoms with van der Waals surface area (Å²) in [5.41, 5.74) is 0. The second kappa shape index (κ2) is 8.82. The van der Waals surface area contributed by atoms with Crippen LogP contribution in [0.5, 0.6) is 0 Å². The molecule has 0 bridgehead atoms. The Bertz CT molecular complexity index is 514. The first-order valence-corrected chi connectivity index (χ1v) is 9.13. The summed E-state index contributed by atoms with van der Waals surface area (Å²) < 4.78 is 1.98. The van der Waals surface area contributed by atoms with E-state index in [0.717, 1.165) is 49.2 Å². The van der Waals surface area contributed by atoms with Gasteiger partial charge in [-0.15, -0.1) is 10.2 Å². The van der Waals surface area contributed by atoms with E-state index in [9.17, 15) is 0 Å². The molecule has 0 saturated heterocycles. The second-order valence-electron chi connectivity index (χ2n) is 5.44. The number of aromatic nitrogens is 3. The van der Waals surface area contributed by atoms with Crippen LogP contribution in [0.2, 0.25) is 0 Å². The van der Waals surface area contributed by atoms with Crippen molar-refractivity contribution in [1.29, 1.82) is 0 Å². The van der Waals surface area contributed by atoms with Crippen molar-refractivity contribution in [3.05, 3.63) is 23.8 Å². The van der Waals surface area contributed by atoms with Crippen LogP contribution >= 0.6 is 11.8 Å². The van der Waals surface area contributed by atoms with Gasteiger partial charge in [0.1, 0.15) is 12.4 Å². The van der Waals surface area contributed by atoms with E-state index in [2.05, 4.69) is 44.2 Å². The molecule has 0 aromatic carbocycles. The zero-order valence-electron chi connectivity index (χ0n) is 13.7. The van der Waals surface area contributed by atoms with Gasteiger partial charge in [0.05, 0.1) is 0 Å². The summed E-state index contributed by atoms with van der Waals surface area (Å²) in [7, 11) is 1.97. The Hall–Kier alpha value is -1.50. The topological polar surface area (TPSA) is 67.1 Å². The lowest BCUT2D eigenvalue weighted by molar-refractivity contribution is 0.627. The van der Waals surface area contributed by atoms with Crippen LogP contribution in [0.4, 0.5) is 0 Å². The average molecular weight is 322 g/mol. The molecule has 0 aliphatic heterocycles. The van der Waals surface area contributed by atoms with Crippen LogP contribution < -0.4 is 10.6 Å². The Morgan fingerprint density at radius 2 is 2.18 bits per heavy atom. The zero-order valence-corrected chi connectivity index (χ0v) is 14.5. The molecule has 0 radical (unpaired) electrons. The van der Waals surface area contributed by atoms with Crippen molar-refractivity contribution in [2.45, 2.75) is 38.8 Å². The molecule has 0 amide bonds. The summed E-state index contributed by atoms with van der Waals surface area (Å²) in [6.07, 6.45) is 9.83. The summed E-state index contributed by atoms with van der Waals surface area (Å²) in [6, 6.07) is 0.452. The minimum Gasteiger partial charge on any atom is -0.356 e. The van der Waals surface area contributed by atoms with Gasteiger partial charge in [0.2, 0.25) is 0 Å². The number of hydrogen-bond acceptors (Lipinski definition) is 4. The van der Waals surface area contributed by atoms with Gasteiger partial charge in [0.15, 0.2) is 11.8 Å². The number of nitrogens with one attached hydrogen (secondary N) is 2. The van der Waals surface area contributed by atoms with Crippen molar-refractivity contribution in [3.63, 3.8) is 0 Å². The Morgan fingerprint density at radius 3 is 2.82 bits per heavy atom. The average Bonchev–Trinajstić information content (AvgIpc) is 3.13. The molecule has 1 aromatic rings. The van der Waals surface area contributed by atoms with E-state index in [1.54, 1.807) is 0 Å². The lowest BCUT2D eigenvalue weighted by atomic mass is 10.2. The Kier molecular flexibility index (Phi) is 6.76. The van der Waals surface area contributed by atoms with E-state index in [0.29, 0.717) is 12.6 Å². The van der Waals surface area contributed by atoms with Gasteiger partial charge in [-0.1, -0.05) is 12.2 Å². The van der Waals surface area contributed by atoms with Crippen molar-refractivity contribution in [3.8, 4) is 0 Å². The molecule has 0 spiro atoms. The number of aryl methyl sites for hydroxylation is 1. The molecule has 0 fully saturated rings. The summed E-state index contributed by atoms with van der Waals surface area (Å²) >= 11 is 1.87. The number of hydrogen-bond donors (Lipinski definition) is 2. The molecule has 2 rings (SSSR count). The van der Waals surface area contributed by atoms with E-state index >= 15 is 0 Å². The Labute approximate surface area is 136 Å². The fourth-order valence-electron chi connectivity index (χ4n) is 2.24. The Morgan fingerprint density at radius 1 is 1.41 bits per heavy atom. The van der Waals surface area contributed by atoms with Gasteiger partial charge in [-0.05, 0) is 38.2 Å². The van der Waals surface area contributed by atoms with Crippen molar-refractivity contribution in [2.24, 2.45) is 12.0 Å². The molecule has 1 heterocycles. The number of thioether (sulfide) groups is 1. The van der Waals surface area contributed by atoms with Gasteiger partial charge in [0.25, 0.3) is 0 Å². The van der Waals surface area contributed by atoms with E-state index in [1.807, 2.05) is 30.3 Å². The summed E-state index contributed by atoms with van der Waals surface area (Å²) in [4.78, 5) is 4.67. The molecule has 1 aliphatic carbocycles. The molecule has 0 unspecified atom stereocenters. The highest BCUT2D eigenvalue weighted by molar-refractivity contribution is 7.98. The lowest BCUT2D eigenvalue weighted by Crippen LogP contribution is -2.43. The van der Waals surface area contributed by atoms with Crippen LogP contribution in [-0.2, 0) is 13.6 Å². The molecule has 1 aliphatic rings. The molecule has 22 heavy (non-hydrogen) atoms. The highest BCUT2D eigenvalue weighted by Crippen LogP contribution is 2.09. The summed E-state index contributed by atoms with van der Waals surface area (Å²) in [5, 5.41) is 15.2. The molecular formula is C15H26N6S. The molecule has 2 N–H and O–H groups in total. The normalized spacial score (nSPS) is 15.5. The highest BCUT2D eigenvalue weighted by atomic mass is 32.2. The van der Waals surface area contributed by atoms with Crippen LogP contribution in [0.25, 0.3) is 0 Å². The molecule has 122 valence electrons. The lowest BCUT2D eigenvalue weighted by Gasteiger charge is -2.17. The fraction of sp³-hybridized carbons (Fsp3) is 0.667. The standard InChI is InChI=1S/C15H26N6S/c1-12-19-20-14(21(12)2)11-17-15(16-9-6-10-22-3)18-13-7-4-5-8-13/h4-5,13H,6-11H2,1-3H3,(H2,16,17,18). The first kappa shape index (κ1) is 16.9. The van der Waals surface area contributed by atoms with Crippen molar-refractivity contribution < 1.29 is 0 Å². The van der Waals surface area contributed by atoms with Crippen LogP contribution in [0.3, 0.4) is 0 Å². The first-order valence-electron chi connectivity index (χ1n) is 7.74. The van der Waals surface area contributed by atoms with Crippen molar-refractivity contribution >= 4 is 17.7 Å². The van der Waals surface area contributed by atoms with Crippen molar-refractivity contribution in [2.75, 3.05) is 18.6 Å². The van der Waals surface area contributed by atoms with E-state index in [-0.39, 0.29) is 0 Å². The van der Waals surface area contributed by atoms with E-state index in [1.165, 1.54) is 0 Å². The maximum absolute atomic E-state index is 4.67. The SMILES string of the molecule is CSCCCNC(=NCc1nnc(C)n1C)NC1CC=CC1. The predicted octanol–water partition coefficient (Wildman–Crippen LogP) is 1.63. The van der Waals surface area contributed by atoms with Crippen molar-refractivity contribution in [1.82, 2.24) is 25.4 Å². The maximum Gasteiger partial charge on any atom is 0.191 e. The molecule has 0 saturated carbocycles. The third kappa shape index (κ3) is 5.05. The van der Waals surface area contributed by atoms with Gasteiger partial charge in [0, 0.05) is 19.6 Å². The third-order valence-electron chi connectivity index (χ3n) is 3.73. The largest absolute Gasteiger partial charge is 0.356 e. The molecule has 6 nitrogen and oxygen atoms in total. The third-order valence-corrected chi connectivity index (χ3v) is 4.42. The monoisotopic (exact) mass is 322 g/mol. The summed E-state index contributed by atoms with van der Waals surface area (Å²) in [5.74, 6) is 3.82. The first-order chi connectivity index (χ1) is 10.7. The fourth-order valence-corrected chi connectivity index (χ4v) is 2.68. The van der Waals surface area contributed by atoms with Gasteiger partial charge < -0.3 is 15.2 Å². The van der Waals surface area contributed by atoms with Crippen LogP contribution in [0, 0.1) is 6.92 Å². The predicted molar refractivity (Wildman–Crippen MR) is 93.2 cm³/mol. The summed E-state index contributed by atoms with van der Waals surface area (Å²) in [6.45, 7) is 3.42. The molecule has 7 heteroatoms. The van der Waals surface area contributed by atoms with Gasteiger partial charge in [-0.25, -0.2) is 4.99 Å². The molecule has 1 aromatic heterocycles. The van der Waals surface area contributed by atoms with Gasteiger partial charge in [-0.2, -0.15) is 11.8 Å². The maximum atomic E-state index is 4.67.